The molecule has 2 unspecified atom stereocenters. The van der Waals surface area contributed by atoms with E-state index in [0.29, 0.717) is 6.42 Å². The predicted molar refractivity (Wildman–Crippen MR) is 70.3 cm³/mol. The first kappa shape index (κ1) is 14.5. The molecule has 0 radical (unpaired) electrons. The zero-order valence-electron chi connectivity index (χ0n) is 10.9. The van der Waals surface area contributed by atoms with E-state index < -0.39 is 22.0 Å². The van der Waals surface area contributed by atoms with Gasteiger partial charge in [-0.05, 0) is 30.5 Å². The zero-order valence-corrected chi connectivity index (χ0v) is 11.7. The smallest absolute Gasteiger partial charge is 0.322 e. The minimum atomic E-state index is -3.90. The molecule has 1 aliphatic heterocycles. The van der Waals surface area contributed by atoms with Gasteiger partial charge in [0, 0.05) is 6.54 Å². The van der Waals surface area contributed by atoms with Gasteiger partial charge in [0.15, 0.2) is 0 Å². The first-order valence-electron chi connectivity index (χ1n) is 6.12. The van der Waals surface area contributed by atoms with E-state index in [1.807, 2.05) is 6.07 Å². The Kier molecular flexibility index (Phi) is 3.79. The second kappa shape index (κ2) is 5.23. The number of carboxylic acids is 1. The third-order valence-electron chi connectivity index (χ3n) is 3.48. The second-order valence-corrected chi connectivity index (χ2v) is 6.69. The largest absolute Gasteiger partial charge is 0.480 e. The van der Waals surface area contributed by atoms with Gasteiger partial charge >= 0.3 is 5.97 Å². The fourth-order valence-corrected chi connectivity index (χ4v) is 4.15. The maximum Gasteiger partial charge on any atom is 0.322 e. The highest BCUT2D eigenvalue weighted by atomic mass is 32.2. The Balaban J connectivity index is 2.45. The quantitative estimate of drug-likeness (QED) is 0.898. The topological polar surface area (TPSA) is 98.5 Å². The molecule has 0 amide bonds. The Morgan fingerprint density at radius 2 is 2.20 bits per heavy atom. The molecular formula is C13H14N2O4S. The normalized spacial score (nSPS) is 23.4. The third-order valence-corrected chi connectivity index (χ3v) is 5.35. The molecule has 0 bridgehead atoms. The van der Waals surface area contributed by atoms with Crippen LogP contribution in [0.5, 0.6) is 0 Å². The van der Waals surface area contributed by atoms with E-state index in [9.17, 15) is 18.3 Å². The fourth-order valence-electron chi connectivity index (χ4n) is 2.41. The van der Waals surface area contributed by atoms with E-state index in [1.165, 1.54) is 24.3 Å². The molecule has 0 aromatic heterocycles. The monoisotopic (exact) mass is 294 g/mol. The van der Waals surface area contributed by atoms with E-state index >= 15 is 0 Å². The number of aliphatic carboxylic acids is 1. The maximum absolute atomic E-state index is 12.5. The molecule has 2 atom stereocenters. The molecule has 1 fully saturated rings. The van der Waals surface area contributed by atoms with Gasteiger partial charge in [-0.25, -0.2) is 8.42 Å². The lowest BCUT2D eigenvalue weighted by Gasteiger charge is -2.22. The van der Waals surface area contributed by atoms with Crippen molar-refractivity contribution in [1.82, 2.24) is 4.31 Å². The fraction of sp³-hybridized carbons (Fsp3) is 0.385. The lowest BCUT2D eigenvalue weighted by atomic mass is 10.0. The molecule has 1 saturated heterocycles. The van der Waals surface area contributed by atoms with Crippen LogP contribution in [0.15, 0.2) is 29.2 Å². The molecule has 6 nitrogen and oxygen atoms in total. The molecule has 0 saturated carbocycles. The molecule has 1 aromatic rings. The lowest BCUT2D eigenvalue weighted by Crippen LogP contribution is -2.42. The summed E-state index contributed by atoms with van der Waals surface area (Å²) in [6.07, 6.45) is 0.508. The first-order valence-corrected chi connectivity index (χ1v) is 7.56. The number of benzene rings is 1. The van der Waals surface area contributed by atoms with Crippen molar-refractivity contribution in [2.45, 2.75) is 24.3 Å². The number of carbonyl (C=O) groups is 1. The van der Waals surface area contributed by atoms with Crippen molar-refractivity contribution >= 4 is 16.0 Å². The van der Waals surface area contributed by atoms with E-state index in [4.69, 9.17) is 5.26 Å². The molecular weight excluding hydrogens is 280 g/mol. The molecule has 1 N–H and O–H groups in total. The van der Waals surface area contributed by atoms with Gasteiger partial charge in [-0.2, -0.15) is 9.57 Å². The Morgan fingerprint density at radius 1 is 1.50 bits per heavy atom. The molecule has 7 heteroatoms. The summed E-state index contributed by atoms with van der Waals surface area (Å²) in [6, 6.07) is 6.43. The molecule has 1 aromatic carbocycles. The number of nitrogens with zero attached hydrogens (tertiary/aromatic N) is 2. The van der Waals surface area contributed by atoms with Crippen LogP contribution in [-0.2, 0) is 14.8 Å². The van der Waals surface area contributed by atoms with Crippen LogP contribution in [0.25, 0.3) is 0 Å². The maximum atomic E-state index is 12.5. The first-order chi connectivity index (χ1) is 9.37. The summed E-state index contributed by atoms with van der Waals surface area (Å²) in [5.41, 5.74) is 0.227. The molecule has 106 valence electrons. The average Bonchev–Trinajstić information content (AvgIpc) is 2.81. The van der Waals surface area contributed by atoms with E-state index in [-0.39, 0.29) is 22.9 Å². The molecule has 0 aliphatic carbocycles. The minimum Gasteiger partial charge on any atom is -0.480 e. The average molecular weight is 294 g/mol. The Labute approximate surface area is 117 Å². The molecule has 20 heavy (non-hydrogen) atoms. The van der Waals surface area contributed by atoms with Crippen LogP contribution in [0.3, 0.4) is 0 Å². The SMILES string of the molecule is CC1CCN(S(=O)(=O)c2cccc(C#N)c2)C1C(=O)O. The van der Waals surface area contributed by atoms with Gasteiger partial charge in [-0.15, -0.1) is 0 Å². The Bertz CT molecular complexity index is 678. The second-order valence-electron chi connectivity index (χ2n) is 4.80. The van der Waals surface area contributed by atoms with E-state index in [2.05, 4.69) is 0 Å². The van der Waals surface area contributed by atoms with Crippen LogP contribution < -0.4 is 0 Å². The van der Waals surface area contributed by atoms with Crippen molar-refractivity contribution < 1.29 is 18.3 Å². The number of hydrogen-bond donors (Lipinski definition) is 1. The van der Waals surface area contributed by atoms with Crippen molar-refractivity contribution in [2.75, 3.05) is 6.54 Å². The van der Waals surface area contributed by atoms with E-state index in [0.717, 1.165) is 4.31 Å². The number of carboxylic acid groups (broad SMARTS) is 1. The van der Waals surface area contributed by atoms with Gasteiger partial charge in [0.05, 0.1) is 16.5 Å². The van der Waals surface area contributed by atoms with Crippen LogP contribution in [0.2, 0.25) is 0 Å². The van der Waals surface area contributed by atoms with Crippen molar-refractivity contribution in [3.63, 3.8) is 0 Å². The van der Waals surface area contributed by atoms with Crippen LogP contribution in [0.1, 0.15) is 18.9 Å². The summed E-state index contributed by atoms with van der Waals surface area (Å²) in [4.78, 5) is 11.2. The zero-order chi connectivity index (χ0) is 14.9. The standard InChI is InChI=1S/C13H14N2O4S/c1-9-5-6-15(12(9)13(16)17)20(18,19)11-4-2-3-10(7-11)8-14/h2-4,7,9,12H,5-6H2,1H3,(H,16,17). The molecule has 0 spiro atoms. The summed E-state index contributed by atoms with van der Waals surface area (Å²) in [5, 5.41) is 18.0. The molecule has 2 rings (SSSR count). The highest BCUT2D eigenvalue weighted by Gasteiger charge is 2.43. The van der Waals surface area contributed by atoms with Crippen LogP contribution >= 0.6 is 0 Å². The summed E-state index contributed by atoms with van der Waals surface area (Å²) < 4.78 is 26.0. The van der Waals surface area contributed by atoms with Gasteiger partial charge < -0.3 is 5.11 Å². The highest BCUT2D eigenvalue weighted by molar-refractivity contribution is 7.89. The van der Waals surface area contributed by atoms with Gasteiger partial charge in [-0.3, -0.25) is 4.79 Å². The Hall–Kier alpha value is -1.91. The number of sulfonamides is 1. The van der Waals surface area contributed by atoms with Crippen LogP contribution in [0.4, 0.5) is 0 Å². The summed E-state index contributed by atoms with van der Waals surface area (Å²) >= 11 is 0. The number of hydrogen-bond acceptors (Lipinski definition) is 4. The number of rotatable bonds is 3. The van der Waals surface area contributed by atoms with Gasteiger partial charge in [-0.1, -0.05) is 13.0 Å². The molecule has 1 aliphatic rings. The minimum absolute atomic E-state index is 0.0445. The van der Waals surface area contributed by atoms with Gasteiger partial charge in [0.2, 0.25) is 10.0 Å². The van der Waals surface area contributed by atoms with Gasteiger partial charge in [0.1, 0.15) is 6.04 Å². The van der Waals surface area contributed by atoms with Gasteiger partial charge in [0.25, 0.3) is 0 Å². The number of nitriles is 1. The Morgan fingerprint density at radius 3 is 2.80 bits per heavy atom. The molecule has 1 heterocycles. The lowest BCUT2D eigenvalue weighted by molar-refractivity contribution is -0.141. The van der Waals surface area contributed by atoms with E-state index in [1.54, 1.807) is 6.92 Å². The van der Waals surface area contributed by atoms with Crippen molar-refractivity contribution in [1.29, 1.82) is 5.26 Å². The van der Waals surface area contributed by atoms with Crippen molar-refractivity contribution in [2.24, 2.45) is 5.92 Å². The predicted octanol–water partition coefficient (Wildman–Crippen LogP) is 1.04. The highest BCUT2D eigenvalue weighted by Crippen LogP contribution is 2.30. The van der Waals surface area contributed by atoms with Crippen LogP contribution in [-0.4, -0.2) is 36.4 Å². The summed E-state index contributed by atoms with van der Waals surface area (Å²) in [6.45, 7) is 1.90. The van der Waals surface area contributed by atoms with Crippen molar-refractivity contribution in [3.05, 3.63) is 29.8 Å². The summed E-state index contributed by atoms with van der Waals surface area (Å²) in [7, 11) is -3.90. The van der Waals surface area contributed by atoms with Crippen LogP contribution in [0, 0.1) is 17.2 Å². The van der Waals surface area contributed by atoms with Crippen molar-refractivity contribution in [3.8, 4) is 6.07 Å². The third kappa shape index (κ3) is 2.40. The summed E-state index contributed by atoms with van der Waals surface area (Å²) in [5.74, 6) is -1.38.